The quantitative estimate of drug-likeness (QED) is 0.162. The number of carbonyl (C=O) groups excluding carboxylic acids is 2. The Labute approximate surface area is 298 Å². The highest BCUT2D eigenvalue weighted by atomic mass is 35.5. The van der Waals surface area contributed by atoms with E-state index in [1.165, 1.54) is 19.0 Å². The van der Waals surface area contributed by atoms with E-state index in [0.29, 0.717) is 45.4 Å². The molecule has 2 aliphatic carbocycles. The fraction of sp³-hybridized carbons (Fsp3) is 0.211. The first-order chi connectivity index (χ1) is 25.0. The lowest BCUT2D eigenvalue weighted by molar-refractivity contribution is 0.101. The van der Waals surface area contributed by atoms with Crippen LogP contribution in [0.3, 0.4) is 0 Å². The predicted octanol–water partition coefficient (Wildman–Crippen LogP) is 7.61. The summed E-state index contributed by atoms with van der Waals surface area (Å²) >= 11 is 6.09. The van der Waals surface area contributed by atoms with Crippen molar-refractivity contribution >= 4 is 46.3 Å². The van der Waals surface area contributed by atoms with Crippen molar-refractivity contribution in [2.24, 2.45) is 0 Å². The minimum absolute atomic E-state index is 0.220. The zero-order valence-corrected chi connectivity index (χ0v) is 28.2. The van der Waals surface area contributed by atoms with Crippen LogP contribution >= 0.6 is 11.6 Å². The Morgan fingerprint density at radius 3 is 1.75 bits per heavy atom. The predicted molar refractivity (Wildman–Crippen MR) is 194 cm³/mol. The summed E-state index contributed by atoms with van der Waals surface area (Å²) in [4.78, 5) is 42.3. The zero-order chi connectivity index (χ0) is 34.7. The Hall–Kier alpha value is -6.01. The number of carbonyl (C=O) groups is 2. The van der Waals surface area contributed by atoms with E-state index >= 15 is 0 Å². The molecule has 254 valence electrons. The van der Waals surface area contributed by atoms with E-state index < -0.39 is 0 Å². The van der Waals surface area contributed by atoms with Crippen LogP contribution in [0.5, 0.6) is 0 Å². The monoisotopic (exact) mass is 696 g/mol. The number of rotatable bonds is 7. The number of hydrogen-bond donors (Lipinski definition) is 2. The molecule has 6 heterocycles. The first-order valence-corrected chi connectivity index (χ1v) is 17.3. The second-order valence-electron chi connectivity index (χ2n) is 12.7. The van der Waals surface area contributed by atoms with Gasteiger partial charge in [0.2, 0.25) is 0 Å². The van der Waals surface area contributed by atoms with Crippen molar-refractivity contribution in [2.45, 2.75) is 50.4 Å². The van der Waals surface area contributed by atoms with Crippen molar-refractivity contribution in [1.29, 1.82) is 0 Å². The van der Waals surface area contributed by atoms with Crippen LogP contribution in [0.25, 0.3) is 22.6 Å². The van der Waals surface area contributed by atoms with Crippen LogP contribution in [0.1, 0.15) is 82.2 Å². The Bertz CT molecular complexity index is 2340. The standard InChI is InChI=1S/C23H21N5O.C15H12ClN5O/c29-23(18-11-6-12-24-14-18)27-21-13-20(17-9-2-1-3-10-17)26-22-19(15-25-28(21)22)16-7-4-5-8-16;16-12-6-13(20-15(22)10-2-1-5-17-7-10)21-14(19-12)11(8-18-21)9-3-4-9/h1-3,6,9-16H,4-5,7-8H2,(H,27,29);1-2,5-9H,3-4H2,(H,20,22). The van der Waals surface area contributed by atoms with Crippen LogP contribution in [0.2, 0.25) is 5.15 Å². The van der Waals surface area contributed by atoms with Gasteiger partial charge in [-0.1, -0.05) is 54.8 Å². The summed E-state index contributed by atoms with van der Waals surface area (Å²) in [6.45, 7) is 0. The molecule has 0 atom stereocenters. The molecule has 0 aliphatic heterocycles. The zero-order valence-electron chi connectivity index (χ0n) is 27.5. The van der Waals surface area contributed by atoms with Gasteiger partial charge in [-0.3, -0.25) is 19.6 Å². The van der Waals surface area contributed by atoms with Gasteiger partial charge in [-0.25, -0.2) is 9.97 Å². The summed E-state index contributed by atoms with van der Waals surface area (Å²) in [6.07, 6.45) is 17.1. The molecule has 13 heteroatoms. The lowest BCUT2D eigenvalue weighted by Crippen LogP contribution is -2.15. The molecule has 2 fully saturated rings. The molecule has 0 radical (unpaired) electrons. The average Bonchev–Trinajstić information content (AvgIpc) is 3.49. The molecule has 1 aromatic carbocycles. The van der Waals surface area contributed by atoms with E-state index in [9.17, 15) is 9.59 Å². The van der Waals surface area contributed by atoms with Crippen molar-refractivity contribution in [2.75, 3.05) is 10.6 Å². The number of aromatic nitrogens is 8. The van der Waals surface area contributed by atoms with Crippen molar-refractivity contribution in [3.05, 3.63) is 131 Å². The molecule has 2 amide bonds. The van der Waals surface area contributed by atoms with Gasteiger partial charge >= 0.3 is 0 Å². The molecule has 2 saturated carbocycles. The maximum absolute atomic E-state index is 12.8. The fourth-order valence-electron chi connectivity index (χ4n) is 6.44. The van der Waals surface area contributed by atoms with E-state index in [1.807, 2.05) is 42.6 Å². The van der Waals surface area contributed by atoms with Crippen molar-refractivity contribution in [1.82, 2.24) is 39.2 Å². The second kappa shape index (κ2) is 14.1. The van der Waals surface area contributed by atoms with E-state index in [0.717, 1.165) is 53.7 Å². The maximum atomic E-state index is 12.8. The Kier molecular flexibility index (Phi) is 8.89. The van der Waals surface area contributed by atoms with Gasteiger partial charge < -0.3 is 10.6 Å². The lowest BCUT2D eigenvalue weighted by atomic mass is 10.0. The topological polar surface area (TPSA) is 144 Å². The summed E-state index contributed by atoms with van der Waals surface area (Å²) in [6, 6.07) is 20.4. The van der Waals surface area contributed by atoms with Gasteiger partial charge in [0.1, 0.15) is 16.8 Å². The molecule has 51 heavy (non-hydrogen) atoms. The first kappa shape index (κ1) is 32.2. The van der Waals surface area contributed by atoms with E-state index in [4.69, 9.17) is 16.6 Å². The average molecular weight is 697 g/mol. The van der Waals surface area contributed by atoms with Crippen molar-refractivity contribution < 1.29 is 9.59 Å². The highest BCUT2D eigenvalue weighted by Crippen LogP contribution is 2.42. The Balaban J connectivity index is 0.000000152. The fourth-order valence-corrected chi connectivity index (χ4v) is 6.63. The number of amides is 2. The number of hydrogen-bond acceptors (Lipinski definition) is 8. The summed E-state index contributed by atoms with van der Waals surface area (Å²) in [5, 5.41) is 15.0. The van der Waals surface area contributed by atoms with Crippen LogP contribution in [-0.2, 0) is 0 Å². The van der Waals surface area contributed by atoms with Crippen LogP contribution in [0.4, 0.5) is 11.6 Å². The van der Waals surface area contributed by atoms with Gasteiger partial charge in [-0.2, -0.15) is 19.2 Å². The number of nitrogens with zero attached hydrogens (tertiary/aromatic N) is 8. The number of nitrogens with one attached hydrogen (secondary N) is 2. The van der Waals surface area contributed by atoms with E-state index in [1.54, 1.807) is 64.2 Å². The molecular weight excluding hydrogens is 664 g/mol. The van der Waals surface area contributed by atoms with Crippen LogP contribution in [0, 0.1) is 0 Å². The summed E-state index contributed by atoms with van der Waals surface area (Å²) in [5.41, 5.74) is 6.57. The van der Waals surface area contributed by atoms with Crippen molar-refractivity contribution in [3.8, 4) is 11.3 Å². The minimum atomic E-state index is -0.264. The van der Waals surface area contributed by atoms with Gasteiger partial charge in [-0.05, 0) is 61.8 Å². The van der Waals surface area contributed by atoms with Crippen LogP contribution in [-0.4, -0.2) is 51.0 Å². The van der Waals surface area contributed by atoms with Crippen LogP contribution in [0.15, 0.2) is 104 Å². The third-order valence-electron chi connectivity index (χ3n) is 9.18. The van der Waals surface area contributed by atoms with Gasteiger partial charge in [0, 0.05) is 53.6 Å². The lowest BCUT2D eigenvalue weighted by Gasteiger charge is -2.12. The van der Waals surface area contributed by atoms with E-state index in [-0.39, 0.29) is 11.8 Å². The molecule has 2 aliphatic rings. The summed E-state index contributed by atoms with van der Waals surface area (Å²) in [5.74, 6) is 1.60. The molecular formula is C38H33ClN10O2. The maximum Gasteiger partial charge on any atom is 0.258 e. The molecule has 6 aromatic heterocycles. The highest BCUT2D eigenvalue weighted by Gasteiger charge is 2.28. The van der Waals surface area contributed by atoms with Crippen LogP contribution < -0.4 is 10.6 Å². The number of fused-ring (bicyclic) bond motifs is 2. The SMILES string of the molecule is O=C(Nc1cc(-c2ccccc2)nc2c(C3CCCC3)cnn12)c1cccnc1.O=C(Nc1cc(Cl)nc2c(C3CC3)cnn12)c1cccnc1. The minimum Gasteiger partial charge on any atom is -0.306 e. The Morgan fingerprint density at radius 1 is 0.647 bits per heavy atom. The molecule has 7 aromatic rings. The second-order valence-corrected chi connectivity index (χ2v) is 13.1. The summed E-state index contributed by atoms with van der Waals surface area (Å²) < 4.78 is 3.36. The van der Waals surface area contributed by atoms with Crippen molar-refractivity contribution in [3.63, 3.8) is 0 Å². The molecule has 0 spiro atoms. The normalized spacial score (nSPS) is 14.3. The molecule has 0 saturated heterocycles. The van der Waals surface area contributed by atoms with Gasteiger partial charge in [0.25, 0.3) is 11.8 Å². The largest absolute Gasteiger partial charge is 0.306 e. The van der Waals surface area contributed by atoms with Gasteiger partial charge in [0.05, 0.1) is 29.2 Å². The summed E-state index contributed by atoms with van der Waals surface area (Å²) in [7, 11) is 0. The molecule has 0 bridgehead atoms. The molecule has 9 rings (SSSR count). The number of anilines is 2. The van der Waals surface area contributed by atoms with E-state index in [2.05, 4.69) is 35.8 Å². The third kappa shape index (κ3) is 6.90. The highest BCUT2D eigenvalue weighted by molar-refractivity contribution is 6.29. The smallest absolute Gasteiger partial charge is 0.258 e. The third-order valence-corrected chi connectivity index (χ3v) is 9.37. The molecule has 12 nitrogen and oxygen atoms in total. The number of halogens is 1. The van der Waals surface area contributed by atoms with Gasteiger partial charge in [-0.15, -0.1) is 0 Å². The molecule has 0 unspecified atom stereocenters. The Morgan fingerprint density at radius 2 is 1.20 bits per heavy atom. The molecule has 2 N–H and O–H groups in total. The first-order valence-electron chi connectivity index (χ1n) is 16.9. The van der Waals surface area contributed by atoms with Gasteiger partial charge in [0.15, 0.2) is 11.3 Å². The number of benzene rings is 1. The number of pyridine rings is 2.